The van der Waals surface area contributed by atoms with Crippen LogP contribution in [0.15, 0.2) is 48.8 Å². The highest BCUT2D eigenvalue weighted by Crippen LogP contribution is 2.32. The molecule has 0 amide bonds. The first kappa shape index (κ1) is 12.5. The number of aromatic nitrogens is 2. The molecule has 5 heteroatoms. The zero-order valence-corrected chi connectivity index (χ0v) is 11.3. The molecule has 0 aliphatic heterocycles. The summed E-state index contributed by atoms with van der Waals surface area (Å²) in [5, 5.41) is 15.7. The van der Waals surface area contributed by atoms with E-state index in [2.05, 4.69) is 5.10 Å². The summed E-state index contributed by atoms with van der Waals surface area (Å²) in [6.07, 6.45) is 2.61. The molecule has 0 aliphatic rings. The Morgan fingerprint density at radius 3 is 2.79 bits per heavy atom. The van der Waals surface area contributed by atoms with Gasteiger partial charge in [0.15, 0.2) is 0 Å². The van der Waals surface area contributed by atoms with Crippen molar-refractivity contribution >= 4 is 28.7 Å². The van der Waals surface area contributed by atoms with Crippen LogP contribution in [0.3, 0.4) is 0 Å². The summed E-state index contributed by atoms with van der Waals surface area (Å²) in [6, 6.07) is 10.7. The fraction of sp³-hybridized carbons (Fsp3) is 0.0714. The average molecular weight is 293 g/mol. The molecule has 0 spiro atoms. The molecule has 0 radical (unpaired) electrons. The number of aliphatic hydroxyl groups is 1. The van der Waals surface area contributed by atoms with Gasteiger partial charge in [0, 0.05) is 27.4 Å². The summed E-state index contributed by atoms with van der Waals surface area (Å²) in [6.45, 7) is 0. The second-order valence-corrected chi connectivity index (χ2v) is 5.04. The third-order valence-corrected chi connectivity index (χ3v) is 3.58. The maximum Gasteiger partial charge on any atom is 0.109 e. The van der Waals surface area contributed by atoms with E-state index in [1.54, 1.807) is 28.9 Å². The normalized spacial score (nSPS) is 12.8. The predicted octanol–water partition coefficient (Wildman–Crippen LogP) is 3.72. The first-order chi connectivity index (χ1) is 9.16. The van der Waals surface area contributed by atoms with Crippen molar-refractivity contribution in [2.75, 3.05) is 0 Å². The van der Waals surface area contributed by atoms with E-state index in [4.69, 9.17) is 23.2 Å². The van der Waals surface area contributed by atoms with E-state index in [1.807, 2.05) is 24.4 Å². The molecule has 96 valence electrons. The van der Waals surface area contributed by atoms with Crippen molar-refractivity contribution in [3.63, 3.8) is 0 Å². The highest BCUT2D eigenvalue weighted by Gasteiger charge is 2.18. The number of aliphatic hydroxyl groups excluding tert-OH is 1. The molecule has 3 rings (SSSR count). The molecule has 1 N–H and O–H groups in total. The SMILES string of the molecule is OC(c1cc(Cl)ccc1Cl)c1cnn2ccccc12. The minimum absolute atomic E-state index is 0.479. The molecule has 3 aromatic rings. The van der Waals surface area contributed by atoms with Crippen molar-refractivity contribution in [2.24, 2.45) is 0 Å². The average Bonchev–Trinajstić information content (AvgIpc) is 2.84. The number of fused-ring (bicyclic) bond motifs is 1. The number of halogens is 2. The molecule has 1 aromatic carbocycles. The van der Waals surface area contributed by atoms with E-state index in [0.29, 0.717) is 21.2 Å². The lowest BCUT2D eigenvalue weighted by Gasteiger charge is -2.12. The molecule has 3 nitrogen and oxygen atoms in total. The second kappa shape index (κ2) is 4.85. The Morgan fingerprint density at radius 2 is 1.95 bits per heavy atom. The smallest absolute Gasteiger partial charge is 0.109 e. The van der Waals surface area contributed by atoms with E-state index in [-0.39, 0.29) is 0 Å². The van der Waals surface area contributed by atoms with Crippen molar-refractivity contribution in [2.45, 2.75) is 6.10 Å². The number of hydrogen-bond donors (Lipinski definition) is 1. The van der Waals surface area contributed by atoms with Crippen LogP contribution in [0.2, 0.25) is 10.0 Å². The van der Waals surface area contributed by atoms with Gasteiger partial charge in [0.1, 0.15) is 6.10 Å². The number of nitrogens with zero attached hydrogens (tertiary/aromatic N) is 2. The van der Waals surface area contributed by atoms with Crippen LogP contribution in [-0.4, -0.2) is 14.7 Å². The number of rotatable bonds is 2. The minimum atomic E-state index is -0.855. The van der Waals surface area contributed by atoms with Crippen molar-refractivity contribution in [1.82, 2.24) is 9.61 Å². The largest absolute Gasteiger partial charge is 0.383 e. The lowest BCUT2D eigenvalue weighted by atomic mass is 10.0. The topological polar surface area (TPSA) is 37.5 Å². The molecule has 0 aliphatic carbocycles. The van der Waals surface area contributed by atoms with Gasteiger partial charge in [-0.05, 0) is 30.3 Å². The second-order valence-electron chi connectivity index (χ2n) is 4.20. The van der Waals surface area contributed by atoms with Gasteiger partial charge in [-0.3, -0.25) is 0 Å². The Balaban J connectivity index is 2.13. The van der Waals surface area contributed by atoms with Crippen molar-refractivity contribution in [3.05, 3.63) is 70.0 Å². The number of benzene rings is 1. The molecular weight excluding hydrogens is 283 g/mol. The van der Waals surface area contributed by atoms with Gasteiger partial charge >= 0.3 is 0 Å². The maximum atomic E-state index is 10.5. The number of pyridine rings is 1. The maximum absolute atomic E-state index is 10.5. The summed E-state index contributed by atoms with van der Waals surface area (Å²) in [7, 11) is 0. The lowest BCUT2D eigenvalue weighted by Crippen LogP contribution is -2.00. The van der Waals surface area contributed by atoms with Gasteiger partial charge in [0.2, 0.25) is 0 Å². The highest BCUT2D eigenvalue weighted by molar-refractivity contribution is 6.33. The lowest BCUT2D eigenvalue weighted by molar-refractivity contribution is 0.222. The Morgan fingerprint density at radius 1 is 1.11 bits per heavy atom. The van der Waals surface area contributed by atoms with Crippen LogP contribution in [0.25, 0.3) is 5.52 Å². The summed E-state index contributed by atoms with van der Waals surface area (Å²) in [5.41, 5.74) is 2.11. The quantitative estimate of drug-likeness (QED) is 0.782. The van der Waals surface area contributed by atoms with E-state index < -0.39 is 6.10 Å². The van der Waals surface area contributed by atoms with Crippen LogP contribution in [-0.2, 0) is 0 Å². The molecule has 0 saturated carbocycles. The van der Waals surface area contributed by atoms with Gasteiger partial charge in [-0.2, -0.15) is 5.10 Å². The van der Waals surface area contributed by atoms with Crippen molar-refractivity contribution in [1.29, 1.82) is 0 Å². The summed E-state index contributed by atoms with van der Waals surface area (Å²) in [4.78, 5) is 0. The molecular formula is C14H10Cl2N2O. The van der Waals surface area contributed by atoms with Crippen LogP contribution in [0, 0.1) is 0 Å². The first-order valence-electron chi connectivity index (χ1n) is 5.72. The molecule has 2 aromatic heterocycles. The summed E-state index contributed by atoms with van der Waals surface area (Å²) < 4.78 is 1.71. The van der Waals surface area contributed by atoms with Gasteiger partial charge in [-0.1, -0.05) is 29.3 Å². The predicted molar refractivity (Wildman–Crippen MR) is 75.7 cm³/mol. The zero-order chi connectivity index (χ0) is 13.4. The van der Waals surface area contributed by atoms with E-state index in [0.717, 1.165) is 5.52 Å². The van der Waals surface area contributed by atoms with Crippen LogP contribution in [0.1, 0.15) is 17.2 Å². The monoisotopic (exact) mass is 292 g/mol. The Hall–Kier alpha value is -1.55. The highest BCUT2D eigenvalue weighted by atomic mass is 35.5. The van der Waals surface area contributed by atoms with E-state index in [1.165, 1.54) is 0 Å². The van der Waals surface area contributed by atoms with Gasteiger partial charge in [-0.25, -0.2) is 4.52 Å². The zero-order valence-electron chi connectivity index (χ0n) is 9.79. The van der Waals surface area contributed by atoms with Gasteiger partial charge < -0.3 is 5.11 Å². The number of hydrogen-bond acceptors (Lipinski definition) is 2. The van der Waals surface area contributed by atoms with E-state index >= 15 is 0 Å². The minimum Gasteiger partial charge on any atom is -0.383 e. The van der Waals surface area contributed by atoms with Crippen molar-refractivity contribution < 1.29 is 5.11 Å². The summed E-state index contributed by atoms with van der Waals surface area (Å²) in [5.74, 6) is 0. The molecule has 0 fully saturated rings. The van der Waals surface area contributed by atoms with Crippen LogP contribution >= 0.6 is 23.2 Å². The molecule has 19 heavy (non-hydrogen) atoms. The fourth-order valence-electron chi connectivity index (χ4n) is 2.06. The Labute approximate surface area is 120 Å². The van der Waals surface area contributed by atoms with E-state index in [9.17, 15) is 5.11 Å². The van der Waals surface area contributed by atoms with Crippen molar-refractivity contribution in [3.8, 4) is 0 Å². The van der Waals surface area contributed by atoms with Crippen LogP contribution in [0.5, 0.6) is 0 Å². The fourth-order valence-corrected chi connectivity index (χ4v) is 2.46. The molecule has 0 bridgehead atoms. The molecule has 0 saturated heterocycles. The summed E-state index contributed by atoms with van der Waals surface area (Å²) >= 11 is 12.1. The Kier molecular flexibility index (Phi) is 3.19. The molecule has 1 unspecified atom stereocenters. The standard InChI is InChI=1S/C14H10Cl2N2O/c15-9-4-5-12(16)10(7-9)14(19)11-8-17-18-6-2-1-3-13(11)18/h1-8,14,19H. The van der Waals surface area contributed by atoms with Crippen LogP contribution < -0.4 is 0 Å². The van der Waals surface area contributed by atoms with Gasteiger partial charge in [0.25, 0.3) is 0 Å². The molecule has 2 heterocycles. The first-order valence-corrected chi connectivity index (χ1v) is 6.47. The van der Waals surface area contributed by atoms with Gasteiger partial charge in [0.05, 0.1) is 11.7 Å². The third kappa shape index (κ3) is 2.21. The molecule has 1 atom stereocenters. The van der Waals surface area contributed by atoms with Gasteiger partial charge in [-0.15, -0.1) is 0 Å². The van der Waals surface area contributed by atoms with Crippen LogP contribution in [0.4, 0.5) is 0 Å². The third-order valence-electron chi connectivity index (χ3n) is 3.00. The Bertz CT molecular complexity index is 739.